The summed E-state index contributed by atoms with van der Waals surface area (Å²) in [7, 11) is 0. The van der Waals surface area contributed by atoms with Crippen LogP contribution in [0.1, 0.15) is 17.9 Å². The van der Waals surface area contributed by atoms with E-state index in [-0.39, 0.29) is 6.54 Å². The smallest absolute Gasteiger partial charge is 0.424 e. The second kappa shape index (κ2) is 6.06. The molecule has 3 aromatic rings. The van der Waals surface area contributed by atoms with E-state index in [1.165, 1.54) is 30.7 Å². The van der Waals surface area contributed by atoms with E-state index >= 15 is 0 Å². The zero-order chi connectivity index (χ0) is 17.4. The van der Waals surface area contributed by atoms with E-state index in [4.69, 9.17) is 4.42 Å². The predicted octanol–water partition coefficient (Wildman–Crippen LogP) is 3.84. The molecule has 3 rings (SSSR count). The molecule has 3 aromatic heterocycles. The summed E-state index contributed by atoms with van der Waals surface area (Å²) in [5, 5.41) is 14.9. The minimum Gasteiger partial charge on any atom is -0.463 e. The predicted molar refractivity (Wildman–Crippen MR) is 83.9 cm³/mol. The van der Waals surface area contributed by atoms with Crippen LogP contribution >= 0.6 is 11.3 Å². The Balaban J connectivity index is 1.78. The van der Waals surface area contributed by atoms with Crippen molar-refractivity contribution in [3.8, 4) is 0 Å². The van der Waals surface area contributed by atoms with Gasteiger partial charge >= 0.3 is 6.18 Å². The summed E-state index contributed by atoms with van der Waals surface area (Å²) >= 11 is 1.39. The number of aromatic nitrogens is 2. The van der Waals surface area contributed by atoms with Crippen LogP contribution in [0.25, 0.3) is 10.2 Å². The highest BCUT2D eigenvalue weighted by Gasteiger charge is 2.56. The van der Waals surface area contributed by atoms with Crippen LogP contribution in [-0.2, 0) is 5.60 Å². The first-order valence-corrected chi connectivity index (χ1v) is 7.97. The maximum Gasteiger partial charge on any atom is 0.424 e. The molecule has 128 valence electrons. The van der Waals surface area contributed by atoms with Gasteiger partial charge in [0, 0.05) is 13.0 Å². The molecule has 0 aliphatic rings. The Morgan fingerprint density at radius 2 is 2.04 bits per heavy atom. The fraction of sp³-hybridized carbons (Fsp3) is 0.333. The van der Waals surface area contributed by atoms with Crippen LogP contribution in [0.2, 0.25) is 0 Å². The average Bonchev–Trinajstić information content (AvgIpc) is 3.15. The highest BCUT2D eigenvalue weighted by atomic mass is 32.1. The molecule has 1 atom stereocenters. The van der Waals surface area contributed by atoms with Crippen LogP contribution < -0.4 is 5.32 Å². The molecule has 9 heteroatoms. The number of thiophene rings is 1. The summed E-state index contributed by atoms with van der Waals surface area (Å²) in [6, 6.07) is 4.33. The van der Waals surface area contributed by atoms with Crippen LogP contribution in [-0.4, -0.2) is 27.8 Å². The number of fused-ring (bicyclic) bond motifs is 1. The van der Waals surface area contributed by atoms with Gasteiger partial charge in [-0.25, -0.2) is 9.97 Å². The molecule has 0 radical (unpaired) electrons. The van der Waals surface area contributed by atoms with Gasteiger partial charge in [-0.2, -0.15) is 13.2 Å². The molecular weight excluding hydrogens is 343 g/mol. The summed E-state index contributed by atoms with van der Waals surface area (Å²) in [6.07, 6.45) is -4.13. The van der Waals surface area contributed by atoms with Gasteiger partial charge in [0.1, 0.15) is 23.7 Å². The van der Waals surface area contributed by atoms with E-state index in [9.17, 15) is 18.3 Å². The lowest BCUT2D eigenvalue weighted by Gasteiger charge is -2.28. The van der Waals surface area contributed by atoms with Crippen molar-refractivity contribution >= 4 is 27.4 Å². The molecule has 0 saturated heterocycles. The first-order chi connectivity index (χ1) is 11.3. The lowest BCUT2D eigenvalue weighted by atomic mass is 9.95. The molecule has 24 heavy (non-hydrogen) atoms. The van der Waals surface area contributed by atoms with E-state index in [2.05, 4.69) is 15.3 Å². The van der Waals surface area contributed by atoms with Crippen molar-refractivity contribution in [2.75, 3.05) is 11.9 Å². The Hall–Kier alpha value is -2.13. The molecular formula is C15H14F3N3O2S. The quantitative estimate of drug-likeness (QED) is 0.726. The van der Waals surface area contributed by atoms with Gasteiger partial charge in [0.2, 0.25) is 5.60 Å². The van der Waals surface area contributed by atoms with Crippen molar-refractivity contribution in [3.63, 3.8) is 0 Å². The van der Waals surface area contributed by atoms with Gasteiger partial charge in [-0.1, -0.05) is 0 Å². The molecule has 0 fully saturated rings. The van der Waals surface area contributed by atoms with Crippen LogP contribution in [0.4, 0.5) is 19.0 Å². The summed E-state index contributed by atoms with van der Waals surface area (Å²) in [5.74, 6) is 0.227. The Kier molecular flexibility index (Phi) is 4.22. The average molecular weight is 357 g/mol. The molecule has 0 saturated carbocycles. The van der Waals surface area contributed by atoms with Gasteiger partial charge in [0.05, 0.1) is 10.2 Å². The third kappa shape index (κ3) is 2.96. The zero-order valence-electron chi connectivity index (χ0n) is 12.6. The molecule has 0 bridgehead atoms. The number of anilines is 1. The number of alkyl halides is 3. The summed E-state index contributed by atoms with van der Waals surface area (Å²) < 4.78 is 45.9. The maximum absolute atomic E-state index is 13.4. The minimum absolute atomic E-state index is 0.139. The Bertz CT molecular complexity index is 846. The molecule has 3 heterocycles. The van der Waals surface area contributed by atoms with E-state index in [0.717, 1.165) is 10.8 Å². The minimum atomic E-state index is -4.86. The zero-order valence-corrected chi connectivity index (χ0v) is 13.4. The fourth-order valence-electron chi connectivity index (χ4n) is 2.34. The van der Waals surface area contributed by atoms with E-state index < -0.39 is 24.0 Å². The van der Waals surface area contributed by atoms with Gasteiger partial charge in [0.15, 0.2) is 0 Å². The third-order valence-electron chi connectivity index (χ3n) is 3.64. The molecule has 5 nitrogen and oxygen atoms in total. The lowest BCUT2D eigenvalue weighted by molar-refractivity contribution is -0.274. The molecule has 2 N–H and O–H groups in total. The van der Waals surface area contributed by atoms with Crippen LogP contribution in [0.3, 0.4) is 0 Å². The number of rotatable bonds is 5. The second-order valence-electron chi connectivity index (χ2n) is 5.30. The topological polar surface area (TPSA) is 71.2 Å². The van der Waals surface area contributed by atoms with Crippen LogP contribution in [0, 0.1) is 6.92 Å². The summed E-state index contributed by atoms with van der Waals surface area (Å²) in [6.45, 7) is 1.38. The fourth-order valence-corrected chi connectivity index (χ4v) is 3.15. The monoisotopic (exact) mass is 357 g/mol. The number of nitrogens with zero attached hydrogens (tertiary/aromatic N) is 2. The first kappa shape index (κ1) is 16.7. The standard InChI is InChI=1S/C15H14F3N3O2S/c1-9-2-3-11(23-9)14(22,15(16,17)18)5-6-19-13-12-10(4-7-24-12)20-8-21-13/h2-4,7-8,22H,5-6H2,1H3,(H,19,20,21). The highest BCUT2D eigenvalue weighted by Crippen LogP contribution is 2.42. The van der Waals surface area contributed by atoms with E-state index in [1.807, 2.05) is 5.38 Å². The van der Waals surface area contributed by atoms with Crippen molar-refractivity contribution in [3.05, 3.63) is 41.4 Å². The SMILES string of the molecule is Cc1ccc(C(O)(CCNc2ncnc3ccsc23)C(F)(F)F)o1. The number of nitrogens with one attached hydrogen (secondary N) is 1. The second-order valence-corrected chi connectivity index (χ2v) is 6.22. The number of aryl methyl sites for hydroxylation is 1. The largest absolute Gasteiger partial charge is 0.463 e. The van der Waals surface area contributed by atoms with E-state index in [0.29, 0.717) is 17.1 Å². The Labute approximate surface area is 139 Å². The maximum atomic E-state index is 13.4. The van der Waals surface area contributed by atoms with Crippen LogP contribution in [0.15, 0.2) is 34.3 Å². The number of furan rings is 1. The summed E-state index contributed by atoms with van der Waals surface area (Å²) in [4.78, 5) is 8.10. The lowest BCUT2D eigenvalue weighted by Crippen LogP contribution is -2.43. The van der Waals surface area contributed by atoms with Gasteiger partial charge in [-0.15, -0.1) is 11.3 Å². The van der Waals surface area contributed by atoms with Crippen molar-refractivity contribution in [2.45, 2.75) is 25.1 Å². The van der Waals surface area contributed by atoms with Crippen molar-refractivity contribution < 1.29 is 22.7 Å². The van der Waals surface area contributed by atoms with Crippen LogP contribution in [0.5, 0.6) is 0 Å². The normalized spacial score (nSPS) is 14.7. The van der Waals surface area contributed by atoms with Gasteiger partial charge < -0.3 is 14.8 Å². The third-order valence-corrected chi connectivity index (χ3v) is 4.55. The molecule has 0 spiro atoms. The van der Waals surface area contributed by atoms with Crippen molar-refractivity contribution in [1.29, 1.82) is 0 Å². The van der Waals surface area contributed by atoms with Gasteiger partial charge in [-0.05, 0) is 30.5 Å². The number of hydrogen-bond donors (Lipinski definition) is 2. The molecule has 0 aliphatic carbocycles. The number of aliphatic hydroxyl groups is 1. The molecule has 0 amide bonds. The molecule has 0 aliphatic heterocycles. The van der Waals surface area contributed by atoms with Crippen molar-refractivity contribution in [2.24, 2.45) is 0 Å². The molecule has 0 aromatic carbocycles. The van der Waals surface area contributed by atoms with Gasteiger partial charge in [-0.3, -0.25) is 0 Å². The molecule has 1 unspecified atom stereocenters. The van der Waals surface area contributed by atoms with Crippen molar-refractivity contribution in [1.82, 2.24) is 9.97 Å². The Morgan fingerprint density at radius 1 is 1.25 bits per heavy atom. The first-order valence-electron chi connectivity index (χ1n) is 7.09. The highest BCUT2D eigenvalue weighted by molar-refractivity contribution is 7.17. The number of halogens is 3. The number of hydrogen-bond acceptors (Lipinski definition) is 6. The Morgan fingerprint density at radius 3 is 2.71 bits per heavy atom. The van der Waals surface area contributed by atoms with E-state index in [1.54, 1.807) is 6.07 Å². The van der Waals surface area contributed by atoms with Gasteiger partial charge in [0.25, 0.3) is 0 Å². The summed E-state index contributed by atoms with van der Waals surface area (Å²) in [5.41, 5.74) is -2.35.